The highest BCUT2D eigenvalue weighted by Crippen LogP contribution is 2.31. The largest absolute Gasteiger partial charge is 0.493 e. The molecule has 1 N–H and O–H groups in total. The number of halogens is 2. The van der Waals surface area contributed by atoms with Crippen molar-refractivity contribution in [2.45, 2.75) is 0 Å². The summed E-state index contributed by atoms with van der Waals surface area (Å²) >= 11 is 12.2. The molecule has 8 heteroatoms. The van der Waals surface area contributed by atoms with Crippen LogP contribution in [0.3, 0.4) is 0 Å². The zero-order chi connectivity index (χ0) is 20.4. The maximum atomic E-state index is 12.3. The van der Waals surface area contributed by atoms with Crippen molar-refractivity contribution in [1.29, 1.82) is 0 Å². The van der Waals surface area contributed by atoms with E-state index in [1.807, 2.05) is 12.1 Å². The first-order valence-electron chi connectivity index (χ1n) is 8.50. The lowest BCUT2D eigenvalue weighted by molar-refractivity contribution is 0.0929. The standard InChI is InChI=1S/C21H14Cl2N2O4/c1-27-18-4-2-3-12-9-19(29-20(12)18)21(26)25-24-11-14-6-8-17(28-14)15-10-13(22)5-7-16(15)23/h2-11H,1H3,(H,25,26)/b24-11-. The Labute approximate surface area is 175 Å². The lowest BCUT2D eigenvalue weighted by Crippen LogP contribution is -2.16. The molecule has 0 unspecified atom stereocenters. The van der Waals surface area contributed by atoms with Crippen molar-refractivity contribution >= 4 is 46.3 Å². The molecule has 2 heterocycles. The molecule has 0 fully saturated rings. The average molecular weight is 429 g/mol. The van der Waals surface area contributed by atoms with E-state index in [4.69, 9.17) is 36.8 Å². The molecule has 4 aromatic rings. The van der Waals surface area contributed by atoms with Crippen LogP contribution in [0.4, 0.5) is 0 Å². The summed E-state index contributed by atoms with van der Waals surface area (Å²) in [4.78, 5) is 12.3. The molecular weight excluding hydrogens is 415 g/mol. The Hall–Kier alpha value is -3.22. The van der Waals surface area contributed by atoms with Gasteiger partial charge in [0.1, 0.15) is 11.5 Å². The minimum atomic E-state index is -0.496. The maximum absolute atomic E-state index is 12.3. The molecular formula is C21H14Cl2N2O4. The zero-order valence-electron chi connectivity index (χ0n) is 15.1. The molecule has 29 heavy (non-hydrogen) atoms. The van der Waals surface area contributed by atoms with Crippen molar-refractivity contribution in [1.82, 2.24) is 5.43 Å². The number of carbonyl (C=O) groups excluding carboxylic acids is 1. The SMILES string of the molecule is COc1cccc2cc(C(=O)N/N=C\c3ccc(-c4cc(Cl)ccc4Cl)o3)oc12. The first-order chi connectivity index (χ1) is 14.0. The summed E-state index contributed by atoms with van der Waals surface area (Å²) in [7, 11) is 1.54. The number of nitrogens with one attached hydrogen (secondary N) is 1. The second-order valence-electron chi connectivity index (χ2n) is 6.01. The lowest BCUT2D eigenvalue weighted by atomic mass is 10.2. The van der Waals surface area contributed by atoms with Crippen molar-refractivity contribution in [3.05, 3.63) is 76.2 Å². The van der Waals surface area contributed by atoms with Gasteiger partial charge < -0.3 is 13.6 Å². The molecule has 2 aromatic heterocycles. The molecule has 2 aromatic carbocycles. The van der Waals surface area contributed by atoms with E-state index in [-0.39, 0.29) is 5.76 Å². The average Bonchev–Trinajstić information content (AvgIpc) is 3.36. The van der Waals surface area contributed by atoms with Gasteiger partial charge in [0.05, 0.1) is 18.3 Å². The summed E-state index contributed by atoms with van der Waals surface area (Å²) in [5.74, 6) is 1.14. The fourth-order valence-electron chi connectivity index (χ4n) is 2.77. The van der Waals surface area contributed by atoms with Crippen LogP contribution in [0.1, 0.15) is 16.3 Å². The molecule has 0 aliphatic carbocycles. The minimum Gasteiger partial charge on any atom is -0.493 e. The molecule has 0 aliphatic rings. The Kier molecular flexibility index (Phi) is 5.29. The van der Waals surface area contributed by atoms with Gasteiger partial charge in [0, 0.05) is 16.0 Å². The van der Waals surface area contributed by atoms with E-state index in [9.17, 15) is 4.79 Å². The summed E-state index contributed by atoms with van der Waals surface area (Å²) in [6.45, 7) is 0. The van der Waals surface area contributed by atoms with Crippen LogP contribution in [0.15, 0.2) is 68.5 Å². The third kappa shape index (κ3) is 3.99. The smallest absolute Gasteiger partial charge is 0.307 e. The number of amides is 1. The first kappa shape index (κ1) is 19.1. The molecule has 1 amide bonds. The number of ether oxygens (including phenoxy) is 1. The number of carbonyl (C=O) groups is 1. The zero-order valence-corrected chi connectivity index (χ0v) is 16.6. The Morgan fingerprint density at radius 1 is 1.10 bits per heavy atom. The summed E-state index contributed by atoms with van der Waals surface area (Å²) in [6, 6.07) is 15.6. The minimum absolute atomic E-state index is 0.118. The maximum Gasteiger partial charge on any atom is 0.307 e. The van der Waals surface area contributed by atoms with Gasteiger partial charge in [-0.2, -0.15) is 5.10 Å². The highest BCUT2D eigenvalue weighted by molar-refractivity contribution is 6.35. The van der Waals surface area contributed by atoms with Crippen LogP contribution in [0, 0.1) is 0 Å². The Bertz CT molecular complexity index is 1230. The number of hydrazone groups is 1. The molecule has 0 atom stereocenters. The summed E-state index contributed by atoms with van der Waals surface area (Å²) in [5.41, 5.74) is 3.57. The lowest BCUT2D eigenvalue weighted by Gasteiger charge is -2.01. The Balaban J connectivity index is 1.47. The van der Waals surface area contributed by atoms with Crippen molar-refractivity contribution in [3.63, 3.8) is 0 Å². The van der Waals surface area contributed by atoms with Gasteiger partial charge in [-0.05, 0) is 42.5 Å². The van der Waals surface area contributed by atoms with Crippen LogP contribution < -0.4 is 10.2 Å². The third-order valence-corrected chi connectivity index (χ3v) is 4.69. The molecule has 0 bridgehead atoms. The Morgan fingerprint density at radius 3 is 2.79 bits per heavy atom. The van der Waals surface area contributed by atoms with Gasteiger partial charge in [-0.1, -0.05) is 35.3 Å². The number of benzene rings is 2. The van der Waals surface area contributed by atoms with E-state index < -0.39 is 5.91 Å². The fraction of sp³-hybridized carbons (Fsp3) is 0.0476. The van der Waals surface area contributed by atoms with Gasteiger partial charge in [-0.3, -0.25) is 4.79 Å². The normalized spacial score (nSPS) is 11.3. The summed E-state index contributed by atoms with van der Waals surface area (Å²) in [6.07, 6.45) is 1.38. The fourth-order valence-corrected chi connectivity index (χ4v) is 3.15. The van der Waals surface area contributed by atoms with Gasteiger partial charge >= 0.3 is 5.91 Å². The van der Waals surface area contributed by atoms with Gasteiger partial charge in [0.25, 0.3) is 0 Å². The van der Waals surface area contributed by atoms with Crippen LogP contribution >= 0.6 is 23.2 Å². The van der Waals surface area contributed by atoms with Crippen molar-refractivity contribution in [2.75, 3.05) is 7.11 Å². The van der Waals surface area contributed by atoms with Gasteiger partial charge in [-0.15, -0.1) is 0 Å². The van der Waals surface area contributed by atoms with Crippen LogP contribution in [-0.4, -0.2) is 19.2 Å². The van der Waals surface area contributed by atoms with E-state index in [1.54, 1.807) is 42.5 Å². The number of fused-ring (bicyclic) bond motifs is 1. The van der Waals surface area contributed by atoms with Gasteiger partial charge in [-0.25, -0.2) is 5.43 Å². The molecule has 0 saturated carbocycles. The molecule has 0 saturated heterocycles. The highest BCUT2D eigenvalue weighted by atomic mass is 35.5. The topological polar surface area (TPSA) is 77.0 Å². The molecule has 4 rings (SSSR count). The molecule has 0 spiro atoms. The molecule has 146 valence electrons. The van der Waals surface area contributed by atoms with Gasteiger partial charge in [0.2, 0.25) is 0 Å². The van der Waals surface area contributed by atoms with E-state index in [0.717, 1.165) is 5.39 Å². The van der Waals surface area contributed by atoms with Gasteiger partial charge in [0.15, 0.2) is 17.1 Å². The van der Waals surface area contributed by atoms with Crippen molar-refractivity contribution in [3.8, 4) is 17.1 Å². The summed E-state index contributed by atoms with van der Waals surface area (Å²) < 4.78 is 16.5. The molecule has 0 aliphatic heterocycles. The monoisotopic (exact) mass is 428 g/mol. The second kappa shape index (κ2) is 8.03. The number of furan rings is 2. The number of nitrogens with zero attached hydrogens (tertiary/aromatic N) is 1. The van der Waals surface area contributed by atoms with Crippen molar-refractivity contribution in [2.24, 2.45) is 5.10 Å². The molecule has 6 nitrogen and oxygen atoms in total. The summed E-state index contributed by atoms with van der Waals surface area (Å²) in [5, 5.41) is 5.73. The predicted octanol–water partition coefficient (Wildman–Crippen LogP) is 5.77. The number of hydrogen-bond acceptors (Lipinski definition) is 5. The van der Waals surface area contributed by atoms with Crippen LogP contribution in [-0.2, 0) is 0 Å². The highest BCUT2D eigenvalue weighted by Gasteiger charge is 2.14. The van der Waals surface area contributed by atoms with E-state index in [2.05, 4.69) is 10.5 Å². The number of hydrogen-bond donors (Lipinski definition) is 1. The quantitative estimate of drug-likeness (QED) is 0.323. The molecule has 0 radical (unpaired) electrons. The van der Waals surface area contributed by atoms with E-state index >= 15 is 0 Å². The number of methoxy groups -OCH3 is 1. The van der Waals surface area contributed by atoms with Crippen LogP contribution in [0.2, 0.25) is 10.0 Å². The second-order valence-corrected chi connectivity index (χ2v) is 6.86. The first-order valence-corrected chi connectivity index (χ1v) is 9.26. The number of para-hydroxylation sites is 1. The third-order valence-electron chi connectivity index (χ3n) is 4.13. The van der Waals surface area contributed by atoms with E-state index in [1.165, 1.54) is 13.3 Å². The Morgan fingerprint density at radius 2 is 1.97 bits per heavy atom. The van der Waals surface area contributed by atoms with Crippen LogP contribution in [0.25, 0.3) is 22.3 Å². The predicted molar refractivity (Wildman–Crippen MR) is 112 cm³/mol. The van der Waals surface area contributed by atoms with E-state index in [0.29, 0.717) is 38.5 Å². The van der Waals surface area contributed by atoms with Crippen LogP contribution in [0.5, 0.6) is 5.75 Å². The van der Waals surface area contributed by atoms with Crippen molar-refractivity contribution < 1.29 is 18.4 Å². The number of rotatable bonds is 5.